The minimum atomic E-state index is -1.23. The van der Waals surface area contributed by atoms with E-state index in [1.165, 1.54) is 12.1 Å². The van der Waals surface area contributed by atoms with Crippen LogP contribution in [0.5, 0.6) is 5.75 Å². The van der Waals surface area contributed by atoms with Crippen LogP contribution in [-0.2, 0) is 16.0 Å². The molecular weight excluding hydrogens is 268 g/mol. The average molecular weight is 284 g/mol. The van der Waals surface area contributed by atoms with Crippen LogP contribution in [0.25, 0.3) is 0 Å². The molecule has 0 aliphatic rings. The number of halogens is 1. The molecule has 0 radical (unpaired) electrons. The molecular formula is C13H16FNO5. The number of ether oxygens (including phenoxy) is 1. The highest BCUT2D eigenvalue weighted by Gasteiger charge is 2.24. The van der Waals surface area contributed by atoms with Crippen molar-refractivity contribution in [3.8, 4) is 5.75 Å². The van der Waals surface area contributed by atoms with E-state index < -0.39 is 30.8 Å². The topological polar surface area (TPSA) is 110 Å². The van der Waals surface area contributed by atoms with Gasteiger partial charge in [-0.05, 0) is 30.5 Å². The fourth-order valence-electron chi connectivity index (χ4n) is 1.75. The number of carboxylic acid groups (broad SMARTS) is 2. The summed E-state index contributed by atoms with van der Waals surface area (Å²) in [5.41, 5.74) is 6.03. The van der Waals surface area contributed by atoms with E-state index in [1.807, 2.05) is 0 Å². The van der Waals surface area contributed by atoms with Gasteiger partial charge in [0.05, 0.1) is 5.92 Å². The lowest BCUT2D eigenvalue weighted by Gasteiger charge is -2.15. The summed E-state index contributed by atoms with van der Waals surface area (Å²) in [6.07, 6.45) is -0.0143. The number of benzene rings is 1. The quantitative estimate of drug-likeness (QED) is 0.658. The van der Waals surface area contributed by atoms with Crippen LogP contribution < -0.4 is 10.5 Å². The lowest BCUT2D eigenvalue weighted by Crippen LogP contribution is -2.35. The number of alkyl halides is 1. The summed E-state index contributed by atoms with van der Waals surface area (Å²) in [6, 6.07) is 5.03. The molecule has 0 aliphatic carbocycles. The van der Waals surface area contributed by atoms with Crippen molar-refractivity contribution < 1.29 is 28.9 Å². The monoisotopic (exact) mass is 284 g/mol. The average Bonchev–Trinajstić information content (AvgIpc) is 2.40. The van der Waals surface area contributed by atoms with Crippen LogP contribution in [0, 0.1) is 5.92 Å². The summed E-state index contributed by atoms with van der Waals surface area (Å²) in [5, 5.41) is 17.8. The highest BCUT2D eigenvalue weighted by atomic mass is 18.2. The molecule has 0 amide bonds. The molecule has 0 heterocycles. The Balaban J connectivity index is 2.70. The second kappa shape index (κ2) is 7.44. The normalized spacial score (nSPS) is 13.5. The first kappa shape index (κ1) is 15.9. The summed E-state index contributed by atoms with van der Waals surface area (Å²) < 4.78 is 16.6. The third kappa shape index (κ3) is 4.85. The van der Waals surface area contributed by atoms with Crippen LogP contribution >= 0.6 is 0 Å². The maximum atomic E-state index is 11.9. The number of rotatable bonds is 8. The fraction of sp³-hybridized carbons (Fsp3) is 0.385. The van der Waals surface area contributed by atoms with Crippen LogP contribution in [0.3, 0.4) is 0 Å². The van der Waals surface area contributed by atoms with Crippen molar-refractivity contribution >= 4 is 11.9 Å². The van der Waals surface area contributed by atoms with E-state index in [4.69, 9.17) is 15.9 Å². The zero-order valence-electron chi connectivity index (χ0n) is 10.7. The van der Waals surface area contributed by atoms with Gasteiger partial charge < -0.3 is 20.7 Å². The van der Waals surface area contributed by atoms with E-state index >= 15 is 0 Å². The van der Waals surface area contributed by atoms with Crippen LogP contribution in [0.1, 0.15) is 12.0 Å². The molecule has 0 spiro atoms. The summed E-state index contributed by atoms with van der Waals surface area (Å²) >= 11 is 0. The third-order valence-corrected chi connectivity index (χ3v) is 2.83. The SMILES string of the molecule is N[C@@H](C[C@H](Cc1ccc(OC[18F])cc1)C(=O)O)C(=O)O. The van der Waals surface area contributed by atoms with Crippen molar-refractivity contribution in [1.82, 2.24) is 0 Å². The number of nitrogens with two attached hydrogens (primary N) is 1. The van der Waals surface area contributed by atoms with Gasteiger partial charge >= 0.3 is 11.9 Å². The Morgan fingerprint density at radius 3 is 2.25 bits per heavy atom. The molecule has 0 saturated heterocycles. The van der Waals surface area contributed by atoms with Gasteiger partial charge in [0.25, 0.3) is 0 Å². The largest absolute Gasteiger partial charge is 0.481 e. The molecule has 2 atom stereocenters. The van der Waals surface area contributed by atoms with E-state index in [-0.39, 0.29) is 12.8 Å². The van der Waals surface area contributed by atoms with Gasteiger partial charge in [-0.25, -0.2) is 4.39 Å². The smallest absolute Gasteiger partial charge is 0.320 e. The molecule has 6 nitrogen and oxygen atoms in total. The second-order valence-corrected chi connectivity index (χ2v) is 4.32. The molecule has 0 aromatic heterocycles. The molecule has 0 aliphatic heterocycles. The first-order chi connectivity index (χ1) is 9.43. The lowest BCUT2D eigenvalue weighted by atomic mass is 9.93. The highest BCUT2D eigenvalue weighted by Crippen LogP contribution is 2.18. The van der Waals surface area contributed by atoms with E-state index in [0.717, 1.165) is 0 Å². The molecule has 0 fully saturated rings. The molecule has 1 aromatic carbocycles. The molecule has 20 heavy (non-hydrogen) atoms. The van der Waals surface area contributed by atoms with Gasteiger partial charge in [-0.15, -0.1) is 0 Å². The Kier molecular flexibility index (Phi) is 5.92. The van der Waals surface area contributed by atoms with Gasteiger partial charge in [-0.3, -0.25) is 9.59 Å². The molecule has 0 saturated carbocycles. The van der Waals surface area contributed by atoms with Crippen LogP contribution in [0.15, 0.2) is 24.3 Å². The summed E-state index contributed by atoms with van der Waals surface area (Å²) in [4.78, 5) is 21.8. The van der Waals surface area contributed by atoms with E-state index in [2.05, 4.69) is 4.74 Å². The number of carbonyl (C=O) groups is 2. The predicted octanol–water partition coefficient (Wildman–Crippen LogP) is 1.04. The number of carboxylic acids is 2. The van der Waals surface area contributed by atoms with Gasteiger partial charge in [0.2, 0.25) is 6.86 Å². The van der Waals surface area contributed by atoms with Crippen molar-refractivity contribution in [3.63, 3.8) is 0 Å². The van der Waals surface area contributed by atoms with E-state index in [0.29, 0.717) is 11.3 Å². The summed E-state index contributed by atoms with van der Waals surface area (Å²) in [5.74, 6) is -2.90. The zero-order valence-corrected chi connectivity index (χ0v) is 10.7. The number of aliphatic carboxylic acids is 2. The van der Waals surface area contributed by atoms with E-state index in [9.17, 15) is 14.0 Å². The molecule has 7 heteroatoms. The molecule has 0 unspecified atom stereocenters. The molecule has 110 valence electrons. The molecule has 4 N–H and O–H groups in total. The molecule has 1 rings (SSSR count). The van der Waals surface area contributed by atoms with Crippen molar-refractivity contribution in [2.75, 3.05) is 6.86 Å². The Bertz CT molecular complexity index is 462. The second-order valence-electron chi connectivity index (χ2n) is 4.32. The molecule has 1 aromatic rings. The minimum Gasteiger partial charge on any atom is -0.481 e. The van der Waals surface area contributed by atoms with E-state index in [1.54, 1.807) is 12.1 Å². The van der Waals surface area contributed by atoms with Crippen molar-refractivity contribution in [1.29, 1.82) is 0 Å². The van der Waals surface area contributed by atoms with Crippen LogP contribution in [-0.4, -0.2) is 35.1 Å². The maximum absolute atomic E-state index is 11.9. The van der Waals surface area contributed by atoms with Gasteiger partial charge in [0.15, 0.2) is 0 Å². The van der Waals surface area contributed by atoms with Gasteiger partial charge in [-0.2, -0.15) is 0 Å². The Hall–Kier alpha value is -2.15. The van der Waals surface area contributed by atoms with Crippen molar-refractivity contribution in [2.45, 2.75) is 18.9 Å². The van der Waals surface area contributed by atoms with Gasteiger partial charge in [-0.1, -0.05) is 12.1 Å². The summed E-state index contributed by atoms with van der Waals surface area (Å²) in [6.45, 7) is -0.940. The zero-order chi connectivity index (χ0) is 15.1. The van der Waals surface area contributed by atoms with Crippen LogP contribution in [0.2, 0.25) is 0 Å². The Morgan fingerprint density at radius 1 is 1.20 bits per heavy atom. The standard InChI is InChI=1S/C13H16FNO5/c14-7-20-10-3-1-8(2-4-10)5-9(12(16)17)6-11(15)13(18)19/h1-4,9,11H,5-7,15H2,(H,16,17)(H,18,19)/t9-,11-/m0/s1/i14-1. The first-order valence-corrected chi connectivity index (χ1v) is 5.93. The van der Waals surface area contributed by atoms with Crippen LogP contribution in [0.4, 0.5) is 4.39 Å². The molecule has 0 bridgehead atoms. The highest BCUT2D eigenvalue weighted by molar-refractivity contribution is 5.76. The first-order valence-electron chi connectivity index (χ1n) is 5.93. The Morgan fingerprint density at radius 2 is 1.80 bits per heavy atom. The van der Waals surface area contributed by atoms with Crippen molar-refractivity contribution in [2.24, 2.45) is 11.7 Å². The Labute approximate surface area is 115 Å². The lowest BCUT2D eigenvalue weighted by molar-refractivity contribution is -0.143. The van der Waals surface area contributed by atoms with Crippen molar-refractivity contribution in [3.05, 3.63) is 29.8 Å². The third-order valence-electron chi connectivity index (χ3n) is 2.83. The van der Waals surface area contributed by atoms with Gasteiger partial charge in [0, 0.05) is 0 Å². The number of hydrogen-bond donors (Lipinski definition) is 3. The fourth-order valence-corrected chi connectivity index (χ4v) is 1.75. The predicted molar refractivity (Wildman–Crippen MR) is 68.1 cm³/mol. The summed E-state index contributed by atoms with van der Waals surface area (Å²) in [7, 11) is 0. The maximum Gasteiger partial charge on any atom is 0.320 e. The van der Waals surface area contributed by atoms with Gasteiger partial charge in [0.1, 0.15) is 11.8 Å². The number of hydrogen-bond acceptors (Lipinski definition) is 4. The minimum absolute atomic E-state index is 0.145.